The van der Waals surface area contributed by atoms with Crippen molar-refractivity contribution < 1.29 is 0 Å². The smallest absolute Gasteiger partial charge is 0.193 e. The minimum absolute atomic E-state index is 0.762. The second-order valence-electron chi connectivity index (χ2n) is 3.14. The van der Waals surface area contributed by atoms with E-state index in [0.29, 0.717) is 0 Å². The average Bonchev–Trinajstić information content (AvgIpc) is 2.64. The molecule has 0 aliphatic carbocycles. The largest absolute Gasteiger partial charge is 0.357 e. The summed E-state index contributed by atoms with van der Waals surface area (Å²) in [5.41, 5.74) is 0. The van der Waals surface area contributed by atoms with Gasteiger partial charge in [-0.25, -0.2) is 4.99 Å². The second kappa shape index (κ2) is 5.65. The minimum Gasteiger partial charge on any atom is -0.357 e. The minimum atomic E-state index is 0.762. The number of aliphatic imine (C=N–C) groups is 1. The molecule has 0 unspecified atom stereocenters. The molecule has 0 aliphatic rings. The van der Waals surface area contributed by atoms with Crippen LogP contribution in [0.3, 0.4) is 0 Å². The van der Waals surface area contributed by atoms with Gasteiger partial charge in [-0.05, 0) is 18.4 Å². The quantitative estimate of drug-likeness (QED) is 0.609. The average molecular weight is 211 g/mol. The maximum atomic E-state index is 4.50. The van der Waals surface area contributed by atoms with Gasteiger partial charge in [-0.15, -0.1) is 11.3 Å². The molecule has 0 atom stereocenters. The molecule has 0 spiro atoms. The summed E-state index contributed by atoms with van der Waals surface area (Å²) in [6.07, 6.45) is 0. The molecule has 1 heterocycles. The standard InChI is InChI=1S/C10H17N3S/c1-4-11-10(13(2)3)12-8-9-6-5-7-14-9/h5-7H,4,8H2,1-3H3,(H,11,12). The molecule has 0 saturated heterocycles. The molecule has 0 fully saturated rings. The van der Waals surface area contributed by atoms with Crippen LogP contribution in [-0.4, -0.2) is 31.5 Å². The van der Waals surface area contributed by atoms with Crippen LogP contribution in [0.4, 0.5) is 0 Å². The van der Waals surface area contributed by atoms with Gasteiger partial charge in [0.1, 0.15) is 0 Å². The lowest BCUT2D eigenvalue weighted by atomic mass is 10.5. The predicted octanol–water partition coefficient (Wildman–Crippen LogP) is 1.78. The van der Waals surface area contributed by atoms with Crippen LogP contribution < -0.4 is 5.32 Å². The maximum absolute atomic E-state index is 4.50. The predicted molar refractivity (Wildman–Crippen MR) is 62.8 cm³/mol. The summed E-state index contributed by atoms with van der Waals surface area (Å²) >= 11 is 1.74. The third kappa shape index (κ3) is 3.38. The number of hydrogen-bond acceptors (Lipinski definition) is 2. The number of hydrogen-bond donors (Lipinski definition) is 1. The Kier molecular flexibility index (Phi) is 4.46. The van der Waals surface area contributed by atoms with Crippen molar-refractivity contribution in [1.29, 1.82) is 0 Å². The molecule has 4 heteroatoms. The van der Waals surface area contributed by atoms with Gasteiger partial charge in [-0.3, -0.25) is 0 Å². The van der Waals surface area contributed by atoms with Gasteiger partial charge >= 0.3 is 0 Å². The van der Waals surface area contributed by atoms with E-state index in [9.17, 15) is 0 Å². The molecule has 0 saturated carbocycles. The first-order valence-electron chi connectivity index (χ1n) is 4.72. The summed E-state index contributed by atoms with van der Waals surface area (Å²) < 4.78 is 0. The number of thiophene rings is 1. The Morgan fingerprint density at radius 3 is 2.86 bits per heavy atom. The molecule has 0 aromatic carbocycles. The van der Waals surface area contributed by atoms with Crippen molar-refractivity contribution in [3.8, 4) is 0 Å². The highest BCUT2D eigenvalue weighted by molar-refractivity contribution is 7.09. The zero-order chi connectivity index (χ0) is 10.4. The number of nitrogens with zero attached hydrogens (tertiary/aromatic N) is 2. The van der Waals surface area contributed by atoms with Crippen molar-refractivity contribution in [2.45, 2.75) is 13.5 Å². The van der Waals surface area contributed by atoms with E-state index in [-0.39, 0.29) is 0 Å². The highest BCUT2D eigenvalue weighted by Crippen LogP contribution is 2.09. The molecule has 78 valence electrons. The molecule has 0 bridgehead atoms. The second-order valence-corrected chi connectivity index (χ2v) is 4.18. The fourth-order valence-electron chi connectivity index (χ4n) is 1.07. The Morgan fingerprint density at radius 2 is 2.36 bits per heavy atom. The lowest BCUT2D eigenvalue weighted by molar-refractivity contribution is 0.583. The summed E-state index contributed by atoms with van der Waals surface area (Å²) in [5, 5.41) is 5.30. The summed E-state index contributed by atoms with van der Waals surface area (Å²) in [7, 11) is 3.99. The Morgan fingerprint density at radius 1 is 1.57 bits per heavy atom. The van der Waals surface area contributed by atoms with Gasteiger partial charge in [0.05, 0.1) is 6.54 Å². The summed E-state index contributed by atoms with van der Waals surface area (Å²) in [6.45, 7) is 3.74. The SMILES string of the molecule is CCNC(=NCc1cccs1)N(C)C. The fourth-order valence-corrected chi connectivity index (χ4v) is 1.70. The van der Waals surface area contributed by atoms with Gasteiger partial charge in [0, 0.05) is 25.5 Å². The molecule has 1 aromatic heterocycles. The van der Waals surface area contributed by atoms with E-state index in [2.05, 4.69) is 34.7 Å². The summed E-state index contributed by atoms with van der Waals surface area (Å²) in [5.74, 6) is 0.945. The van der Waals surface area contributed by atoms with Crippen LogP contribution in [0.15, 0.2) is 22.5 Å². The van der Waals surface area contributed by atoms with Crippen molar-refractivity contribution in [3.05, 3.63) is 22.4 Å². The third-order valence-electron chi connectivity index (χ3n) is 1.72. The van der Waals surface area contributed by atoms with Crippen molar-refractivity contribution in [3.63, 3.8) is 0 Å². The van der Waals surface area contributed by atoms with Gasteiger partial charge in [0.15, 0.2) is 5.96 Å². The Labute approximate surface area is 89.5 Å². The zero-order valence-corrected chi connectivity index (χ0v) is 9.77. The van der Waals surface area contributed by atoms with E-state index in [1.165, 1.54) is 4.88 Å². The van der Waals surface area contributed by atoms with Crippen LogP contribution in [0.1, 0.15) is 11.8 Å². The first-order valence-corrected chi connectivity index (χ1v) is 5.60. The van der Waals surface area contributed by atoms with E-state index in [1.54, 1.807) is 11.3 Å². The van der Waals surface area contributed by atoms with E-state index in [0.717, 1.165) is 19.0 Å². The Bertz CT molecular complexity index is 278. The van der Waals surface area contributed by atoms with E-state index < -0.39 is 0 Å². The normalized spacial score (nSPS) is 11.5. The molecule has 0 amide bonds. The maximum Gasteiger partial charge on any atom is 0.193 e. The van der Waals surface area contributed by atoms with Crippen LogP contribution in [0.2, 0.25) is 0 Å². The van der Waals surface area contributed by atoms with Crippen molar-refractivity contribution >= 4 is 17.3 Å². The van der Waals surface area contributed by atoms with Gasteiger partial charge in [0.25, 0.3) is 0 Å². The zero-order valence-electron chi connectivity index (χ0n) is 8.95. The monoisotopic (exact) mass is 211 g/mol. The topological polar surface area (TPSA) is 27.6 Å². The molecular formula is C10H17N3S. The van der Waals surface area contributed by atoms with Crippen molar-refractivity contribution in [2.75, 3.05) is 20.6 Å². The van der Waals surface area contributed by atoms with Gasteiger partial charge < -0.3 is 10.2 Å². The van der Waals surface area contributed by atoms with Crippen LogP contribution in [0, 0.1) is 0 Å². The van der Waals surface area contributed by atoms with Crippen molar-refractivity contribution in [1.82, 2.24) is 10.2 Å². The summed E-state index contributed by atoms with van der Waals surface area (Å²) in [4.78, 5) is 7.79. The first-order chi connectivity index (χ1) is 6.74. The molecule has 1 N–H and O–H groups in total. The first kappa shape index (κ1) is 11.0. The van der Waals surface area contributed by atoms with E-state index in [4.69, 9.17) is 0 Å². The van der Waals surface area contributed by atoms with Crippen LogP contribution in [-0.2, 0) is 6.54 Å². The lowest BCUT2D eigenvalue weighted by Crippen LogP contribution is -2.36. The molecule has 14 heavy (non-hydrogen) atoms. The number of rotatable bonds is 3. The summed E-state index contributed by atoms with van der Waals surface area (Å²) in [6, 6.07) is 4.16. The van der Waals surface area contributed by atoms with Gasteiger partial charge in [-0.2, -0.15) is 0 Å². The third-order valence-corrected chi connectivity index (χ3v) is 2.58. The molecule has 1 rings (SSSR count). The number of nitrogens with one attached hydrogen (secondary N) is 1. The highest BCUT2D eigenvalue weighted by atomic mass is 32.1. The van der Waals surface area contributed by atoms with Crippen LogP contribution >= 0.6 is 11.3 Å². The van der Waals surface area contributed by atoms with E-state index in [1.807, 2.05) is 19.0 Å². The van der Waals surface area contributed by atoms with Crippen LogP contribution in [0.5, 0.6) is 0 Å². The highest BCUT2D eigenvalue weighted by Gasteiger charge is 1.99. The molecule has 3 nitrogen and oxygen atoms in total. The Hall–Kier alpha value is -1.03. The molecular weight excluding hydrogens is 194 g/mol. The Balaban J connectivity index is 2.55. The molecule has 1 aromatic rings. The molecule has 0 aliphatic heterocycles. The van der Waals surface area contributed by atoms with Gasteiger partial charge in [-0.1, -0.05) is 6.07 Å². The molecule has 0 radical (unpaired) electrons. The van der Waals surface area contributed by atoms with E-state index >= 15 is 0 Å². The van der Waals surface area contributed by atoms with Gasteiger partial charge in [0.2, 0.25) is 0 Å². The number of guanidine groups is 1. The fraction of sp³-hybridized carbons (Fsp3) is 0.500. The van der Waals surface area contributed by atoms with Crippen molar-refractivity contribution in [2.24, 2.45) is 4.99 Å². The van der Waals surface area contributed by atoms with Crippen LogP contribution in [0.25, 0.3) is 0 Å². The lowest BCUT2D eigenvalue weighted by Gasteiger charge is -2.16.